The van der Waals surface area contributed by atoms with Crippen molar-refractivity contribution in [3.8, 4) is 22.5 Å². The van der Waals surface area contributed by atoms with E-state index in [1.54, 1.807) is 12.3 Å². The summed E-state index contributed by atoms with van der Waals surface area (Å²) < 4.78 is 2.08. The number of aromatic nitrogens is 4. The quantitative estimate of drug-likeness (QED) is 0.548. The fourth-order valence-electron chi connectivity index (χ4n) is 3.99. The first-order valence-corrected chi connectivity index (χ1v) is 9.79. The fraction of sp³-hybridized carbons (Fsp3) is 0.217. The van der Waals surface area contributed by atoms with Crippen LogP contribution < -0.4 is 5.73 Å². The van der Waals surface area contributed by atoms with Crippen molar-refractivity contribution in [2.45, 2.75) is 26.3 Å². The van der Waals surface area contributed by atoms with Crippen molar-refractivity contribution in [2.75, 3.05) is 7.11 Å². The van der Waals surface area contributed by atoms with Gasteiger partial charge < -0.3 is 10.8 Å². The van der Waals surface area contributed by atoms with Gasteiger partial charge in [-0.3, -0.25) is 19.4 Å². The molecule has 0 saturated carbocycles. The second-order valence-electron chi connectivity index (χ2n) is 7.12. The van der Waals surface area contributed by atoms with Gasteiger partial charge in [-0.1, -0.05) is 6.07 Å². The van der Waals surface area contributed by atoms with Gasteiger partial charge in [0.25, 0.3) is 0 Å². The second kappa shape index (κ2) is 8.04. The SMILES string of the molecule is CO.Cc1cccc(-c2nn3c(c2-c2ccnc4ccc(C(N)=O)cc24)CCC3)n1. The van der Waals surface area contributed by atoms with E-state index in [0.29, 0.717) is 5.56 Å². The molecular weight excluding hydrogens is 378 g/mol. The van der Waals surface area contributed by atoms with Crippen molar-refractivity contribution in [1.82, 2.24) is 19.7 Å². The molecule has 3 N–H and O–H groups in total. The Morgan fingerprint density at radius 3 is 2.77 bits per heavy atom. The third kappa shape index (κ3) is 3.33. The number of carbonyl (C=O) groups excluding carboxylic acids is 1. The van der Waals surface area contributed by atoms with Crippen LogP contribution in [-0.2, 0) is 13.0 Å². The summed E-state index contributed by atoms with van der Waals surface area (Å²) in [6.45, 7) is 2.89. The minimum Gasteiger partial charge on any atom is -0.400 e. The number of aryl methyl sites for hydroxylation is 2. The van der Waals surface area contributed by atoms with Gasteiger partial charge in [0.05, 0.1) is 11.2 Å². The average molecular weight is 401 g/mol. The molecule has 0 bridgehead atoms. The van der Waals surface area contributed by atoms with Crippen LogP contribution in [0.4, 0.5) is 0 Å². The highest BCUT2D eigenvalue weighted by Crippen LogP contribution is 2.39. The number of hydrogen-bond acceptors (Lipinski definition) is 5. The van der Waals surface area contributed by atoms with Gasteiger partial charge in [0, 0.05) is 47.8 Å². The molecule has 0 unspecified atom stereocenters. The summed E-state index contributed by atoms with van der Waals surface area (Å²) in [4.78, 5) is 20.9. The van der Waals surface area contributed by atoms with Gasteiger partial charge in [-0.15, -0.1) is 0 Å². The Labute approximate surface area is 174 Å². The van der Waals surface area contributed by atoms with Gasteiger partial charge in [-0.2, -0.15) is 5.10 Å². The van der Waals surface area contributed by atoms with Gasteiger partial charge in [0.2, 0.25) is 5.91 Å². The van der Waals surface area contributed by atoms with E-state index in [4.69, 9.17) is 20.9 Å². The Bertz CT molecular complexity index is 1250. The van der Waals surface area contributed by atoms with E-state index in [-0.39, 0.29) is 0 Å². The van der Waals surface area contributed by atoms with Gasteiger partial charge in [0.1, 0.15) is 5.69 Å². The average Bonchev–Trinajstić information content (AvgIpc) is 3.36. The zero-order valence-electron chi connectivity index (χ0n) is 17.0. The molecule has 4 heterocycles. The molecule has 5 rings (SSSR count). The van der Waals surface area contributed by atoms with E-state index in [0.717, 1.165) is 65.6 Å². The van der Waals surface area contributed by atoms with Gasteiger partial charge >= 0.3 is 0 Å². The number of carbonyl (C=O) groups is 1. The summed E-state index contributed by atoms with van der Waals surface area (Å²) in [5, 5.41) is 12.8. The number of benzene rings is 1. The number of nitrogens with zero attached hydrogens (tertiary/aromatic N) is 4. The lowest BCUT2D eigenvalue weighted by molar-refractivity contribution is 0.100. The van der Waals surface area contributed by atoms with Crippen LogP contribution in [0.2, 0.25) is 0 Å². The number of primary amides is 1. The van der Waals surface area contributed by atoms with Gasteiger partial charge in [-0.05, 0) is 61.7 Å². The molecular formula is C23H23N5O2. The van der Waals surface area contributed by atoms with Crippen molar-refractivity contribution >= 4 is 16.8 Å². The summed E-state index contributed by atoms with van der Waals surface area (Å²) >= 11 is 0. The first-order valence-electron chi connectivity index (χ1n) is 9.79. The zero-order valence-corrected chi connectivity index (χ0v) is 17.0. The highest BCUT2D eigenvalue weighted by molar-refractivity contribution is 6.03. The molecule has 0 aliphatic carbocycles. The van der Waals surface area contributed by atoms with Crippen LogP contribution in [0.5, 0.6) is 0 Å². The van der Waals surface area contributed by atoms with Crippen LogP contribution in [0, 0.1) is 6.92 Å². The monoisotopic (exact) mass is 401 g/mol. The maximum absolute atomic E-state index is 11.7. The summed E-state index contributed by atoms with van der Waals surface area (Å²) in [6.07, 6.45) is 3.84. The van der Waals surface area contributed by atoms with Gasteiger partial charge in [-0.25, -0.2) is 0 Å². The third-order valence-electron chi connectivity index (χ3n) is 5.27. The number of pyridine rings is 2. The molecule has 7 heteroatoms. The Kier molecular flexibility index (Phi) is 5.29. The molecule has 0 saturated heterocycles. The number of amides is 1. The highest BCUT2D eigenvalue weighted by atomic mass is 16.2. The molecule has 30 heavy (non-hydrogen) atoms. The van der Waals surface area contributed by atoms with Gasteiger partial charge in [0.15, 0.2) is 0 Å². The Morgan fingerprint density at radius 2 is 2.00 bits per heavy atom. The van der Waals surface area contributed by atoms with E-state index in [1.807, 2.05) is 43.3 Å². The van der Waals surface area contributed by atoms with E-state index >= 15 is 0 Å². The molecule has 0 atom stereocenters. The number of fused-ring (bicyclic) bond motifs is 2. The van der Waals surface area contributed by atoms with Crippen molar-refractivity contribution in [3.63, 3.8) is 0 Å². The van der Waals surface area contributed by atoms with Crippen LogP contribution in [0.3, 0.4) is 0 Å². The summed E-state index contributed by atoms with van der Waals surface area (Å²) in [5.74, 6) is -0.447. The fourth-order valence-corrected chi connectivity index (χ4v) is 3.99. The van der Waals surface area contributed by atoms with Crippen LogP contribution in [0.15, 0.2) is 48.7 Å². The Hall–Kier alpha value is -3.58. The lowest BCUT2D eigenvalue weighted by Gasteiger charge is -2.10. The van der Waals surface area contributed by atoms with E-state index < -0.39 is 5.91 Å². The van der Waals surface area contributed by atoms with Crippen LogP contribution in [0.1, 0.15) is 28.2 Å². The summed E-state index contributed by atoms with van der Waals surface area (Å²) in [6, 6.07) is 13.3. The summed E-state index contributed by atoms with van der Waals surface area (Å²) in [7, 11) is 1.00. The normalized spacial score (nSPS) is 12.4. The number of aliphatic hydroxyl groups is 1. The molecule has 0 fully saturated rings. The lowest BCUT2D eigenvalue weighted by Crippen LogP contribution is -2.10. The maximum atomic E-state index is 11.7. The predicted octanol–water partition coefficient (Wildman–Crippen LogP) is 3.12. The molecule has 1 amide bonds. The highest BCUT2D eigenvalue weighted by Gasteiger charge is 2.25. The van der Waals surface area contributed by atoms with E-state index in [9.17, 15) is 4.79 Å². The topological polar surface area (TPSA) is 107 Å². The largest absolute Gasteiger partial charge is 0.400 e. The van der Waals surface area contributed by atoms with Crippen molar-refractivity contribution in [3.05, 3.63) is 65.6 Å². The van der Waals surface area contributed by atoms with Crippen molar-refractivity contribution < 1.29 is 9.90 Å². The van der Waals surface area contributed by atoms with E-state index in [2.05, 4.69) is 9.67 Å². The Morgan fingerprint density at radius 1 is 1.17 bits per heavy atom. The summed E-state index contributed by atoms with van der Waals surface area (Å²) in [5.41, 5.74) is 12.8. The molecule has 4 aromatic rings. The first kappa shape index (κ1) is 19.7. The molecule has 1 aliphatic rings. The lowest BCUT2D eigenvalue weighted by atomic mass is 9.95. The van der Waals surface area contributed by atoms with Crippen LogP contribution in [-0.4, -0.2) is 37.9 Å². The molecule has 0 spiro atoms. The third-order valence-corrected chi connectivity index (χ3v) is 5.27. The Balaban J connectivity index is 0.00000106. The molecule has 7 nitrogen and oxygen atoms in total. The van der Waals surface area contributed by atoms with E-state index in [1.165, 1.54) is 5.69 Å². The molecule has 0 radical (unpaired) electrons. The van der Waals surface area contributed by atoms with Crippen molar-refractivity contribution in [2.24, 2.45) is 5.73 Å². The minimum atomic E-state index is -0.447. The van der Waals surface area contributed by atoms with Crippen molar-refractivity contribution in [1.29, 1.82) is 0 Å². The standard InChI is InChI=1S/C22H19N5O.CH4O/c1-13-4-2-5-18(25-13)21-20(19-6-3-11-27(19)26-21)15-9-10-24-17-8-7-14(22(23)28)12-16(15)17;1-2/h2,4-5,7-10,12H,3,6,11H2,1H3,(H2,23,28);2H,1H3. The second-order valence-corrected chi connectivity index (χ2v) is 7.12. The predicted molar refractivity (Wildman–Crippen MR) is 116 cm³/mol. The number of rotatable bonds is 3. The smallest absolute Gasteiger partial charge is 0.248 e. The zero-order chi connectivity index (χ0) is 21.3. The van der Waals surface area contributed by atoms with Crippen LogP contribution >= 0.6 is 0 Å². The maximum Gasteiger partial charge on any atom is 0.248 e. The number of hydrogen-bond donors (Lipinski definition) is 2. The first-order chi connectivity index (χ1) is 14.6. The minimum absolute atomic E-state index is 0.447. The molecule has 1 aromatic carbocycles. The number of aliphatic hydroxyl groups excluding tert-OH is 1. The number of nitrogens with two attached hydrogens (primary N) is 1. The van der Waals surface area contributed by atoms with Crippen LogP contribution in [0.25, 0.3) is 33.4 Å². The molecule has 3 aromatic heterocycles. The molecule has 152 valence electrons. The molecule has 1 aliphatic heterocycles.